The van der Waals surface area contributed by atoms with E-state index in [0.29, 0.717) is 25.7 Å². The number of hydrogen-bond donors (Lipinski definition) is 3. The highest BCUT2D eigenvalue weighted by Crippen LogP contribution is 2.13. The molecule has 5 heteroatoms. The van der Waals surface area contributed by atoms with Gasteiger partial charge in [0, 0.05) is 12.8 Å². The number of amides is 1. The molecular weight excluding hydrogens is 388 g/mol. The Morgan fingerprint density at radius 3 is 2.10 bits per heavy atom. The maximum atomic E-state index is 12.5. The van der Waals surface area contributed by atoms with Gasteiger partial charge in [-0.15, -0.1) is 0 Å². The van der Waals surface area contributed by atoms with Crippen molar-refractivity contribution in [3.63, 3.8) is 0 Å². The number of Topliss-reactive ketones (excluding diaryl/α,β-unsaturated/α-hetero) is 1. The van der Waals surface area contributed by atoms with Crippen LogP contribution in [-0.2, 0) is 22.4 Å². The molecule has 1 amide bonds. The van der Waals surface area contributed by atoms with Crippen LogP contribution in [0.2, 0.25) is 0 Å². The van der Waals surface area contributed by atoms with Gasteiger partial charge < -0.3 is 16.2 Å². The summed E-state index contributed by atoms with van der Waals surface area (Å²) in [4.78, 5) is 24.8. The first-order valence-electron chi connectivity index (χ1n) is 11.2. The molecule has 0 radical (unpaired) electrons. The maximum Gasteiger partial charge on any atom is 0.237 e. The third kappa shape index (κ3) is 9.03. The first kappa shape index (κ1) is 24.8. The van der Waals surface area contributed by atoms with Gasteiger partial charge in [0.2, 0.25) is 5.91 Å². The van der Waals surface area contributed by atoms with Crippen molar-refractivity contribution < 1.29 is 14.7 Å². The van der Waals surface area contributed by atoms with E-state index in [1.165, 1.54) is 5.56 Å². The molecule has 2 rings (SSSR count). The van der Waals surface area contributed by atoms with Crippen LogP contribution in [0.4, 0.5) is 0 Å². The normalized spacial score (nSPS) is 14.1. The topological polar surface area (TPSA) is 92.4 Å². The lowest BCUT2D eigenvalue weighted by Gasteiger charge is -2.26. The van der Waals surface area contributed by atoms with Gasteiger partial charge in [0.05, 0.1) is 18.2 Å². The predicted molar refractivity (Wildman–Crippen MR) is 125 cm³/mol. The maximum absolute atomic E-state index is 12.5. The van der Waals surface area contributed by atoms with Crippen molar-refractivity contribution in [3.8, 4) is 0 Å². The molecule has 0 aromatic heterocycles. The van der Waals surface area contributed by atoms with Gasteiger partial charge in [0.25, 0.3) is 0 Å². The highest BCUT2D eigenvalue weighted by Gasteiger charge is 2.26. The van der Waals surface area contributed by atoms with Crippen LogP contribution >= 0.6 is 0 Å². The summed E-state index contributed by atoms with van der Waals surface area (Å²) in [5.41, 5.74) is 8.22. The molecule has 0 spiro atoms. The lowest BCUT2D eigenvalue weighted by atomic mass is 9.95. The molecule has 2 aromatic rings. The second kappa shape index (κ2) is 13.0. The fraction of sp³-hybridized carbons (Fsp3) is 0.462. The third-order valence-electron chi connectivity index (χ3n) is 5.59. The molecule has 0 fully saturated rings. The first-order chi connectivity index (χ1) is 14.9. The predicted octanol–water partition coefficient (Wildman–Crippen LogP) is 3.43. The second-order valence-electron chi connectivity index (χ2n) is 8.56. The Bertz CT molecular complexity index is 793. The summed E-state index contributed by atoms with van der Waals surface area (Å²) in [6.45, 7) is 3.78. The highest BCUT2D eigenvalue weighted by atomic mass is 16.3. The summed E-state index contributed by atoms with van der Waals surface area (Å²) in [6.07, 6.45) is 2.45. The minimum absolute atomic E-state index is 0.000658. The van der Waals surface area contributed by atoms with Crippen molar-refractivity contribution in [1.29, 1.82) is 0 Å². The number of rotatable bonds is 13. The van der Waals surface area contributed by atoms with Gasteiger partial charge in [-0.05, 0) is 42.7 Å². The lowest BCUT2D eigenvalue weighted by molar-refractivity contribution is -0.124. The van der Waals surface area contributed by atoms with Crippen molar-refractivity contribution in [1.82, 2.24) is 5.32 Å². The number of aliphatic hydroxyl groups excluding tert-OH is 1. The molecule has 0 saturated carbocycles. The second-order valence-corrected chi connectivity index (χ2v) is 8.56. The van der Waals surface area contributed by atoms with E-state index in [0.717, 1.165) is 18.4 Å². The summed E-state index contributed by atoms with van der Waals surface area (Å²) in [6, 6.07) is 18.7. The molecule has 0 saturated heterocycles. The molecule has 0 aliphatic rings. The first-order valence-corrected chi connectivity index (χ1v) is 11.2. The molecule has 2 aromatic carbocycles. The van der Waals surface area contributed by atoms with Gasteiger partial charge in [0.1, 0.15) is 5.78 Å². The van der Waals surface area contributed by atoms with Gasteiger partial charge in [-0.1, -0.05) is 74.5 Å². The fourth-order valence-corrected chi connectivity index (χ4v) is 3.50. The zero-order valence-corrected chi connectivity index (χ0v) is 18.7. The number of carbonyl (C=O) groups excluding carboxylic acids is 2. The van der Waals surface area contributed by atoms with Gasteiger partial charge in [-0.25, -0.2) is 0 Å². The number of ketones is 1. The van der Waals surface area contributed by atoms with Gasteiger partial charge in [-0.3, -0.25) is 9.59 Å². The largest absolute Gasteiger partial charge is 0.391 e. The fourth-order valence-electron chi connectivity index (χ4n) is 3.50. The molecule has 5 nitrogen and oxygen atoms in total. The third-order valence-corrected chi connectivity index (χ3v) is 5.59. The van der Waals surface area contributed by atoms with Crippen molar-refractivity contribution >= 4 is 11.7 Å². The number of hydrogen-bond acceptors (Lipinski definition) is 4. The molecule has 3 atom stereocenters. The average Bonchev–Trinajstić information content (AvgIpc) is 2.77. The van der Waals surface area contributed by atoms with Crippen molar-refractivity contribution in [2.75, 3.05) is 0 Å². The minimum atomic E-state index is -0.818. The van der Waals surface area contributed by atoms with Crippen molar-refractivity contribution in [2.24, 2.45) is 11.7 Å². The van der Waals surface area contributed by atoms with Crippen LogP contribution in [-0.4, -0.2) is 35.0 Å². The van der Waals surface area contributed by atoms with Gasteiger partial charge in [-0.2, -0.15) is 0 Å². The summed E-state index contributed by atoms with van der Waals surface area (Å²) in [7, 11) is 0. The molecular formula is C26H36N2O3. The van der Waals surface area contributed by atoms with Crippen LogP contribution in [0.15, 0.2) is 60.7 Å². The van der Waals surface area contributed by atoms with E-state index < -0.39 is 18.2 Å². The Balaban J connectivity index is 1.87. The zero-order valence-electron chi connectivity index (χ0n) is 18.7. The minimum Gasteiger partial charge on any atom is -0.391 e. The van der Waals surface area contributed by atoms with Gasteiger partial charge in [0.15, 0.2) is 0 Å². The Morgan fingerprint density at radius 2 is 1.52 bits per heavy atom. The van der Waals surface area contributed by atoms with E-state index in [4.69, 9.17) is 5.73 Å². The summed E-state index contributed by atoms with van der Waals surface area (Å²) in [5.74, 6) is -0.136. The quantitative estimate of drug-likeness (QED) is 0.459. The van der Waals surface area contributed by atoms with Crippen LogP contribution in [0.5, 0.6) is 0 Å². The number of aliphatic hydroxyl groups is 1. The molecule has 0 aliphatic heterocycles. The highest BCUT2D eigenvalue weighted by molar-refractivity contribution is 5.82. The SMILES string of the molecule is CC(C)[C@H](N)C(=O)N[C@@H](Cc1ccccc1)[C@@H](O)CCC(=O)CCCc1ccccc1. The van der Waals surface area contributed by atoms with E-state index in [1.54, 1.807) is 0 Å². The average molecular weight is 425 g/mol. The van der Waals surface area contributed by atoms with E-state index in [1.807, 2.05) is 62.4 Å². The Kier molecular flexibility index (Phi) is 10.4. The van der Waals surface area contributed by atoms with Crippen LogP contribution in [0.25, 0.3) is 0 Å². The number of nitrogens with two attached hydrogens (primary N) is 1. The van der Waals surface area contributed by atoms with Crippen LogP contribution < -0.4 is 11.1 Å². The Labute approximate surface area is 186 Å². The lowest BCUT2D eigenvalue weighted by Crippen LogP contribution is -2.52. The number of nitrogens with one attached hydrogen (secondary N) is 1. The van der Waals surface area contributed by atoms with E-state index in [9.17, 15) is 14.7 Å². The van der Waals surface area contributed by atoms with E-state index >= 15 is 0 Å². The summed E-state index contributed by atoms with van der Waals surface area (Å²) in [5, 5.41) is 13.7. The van der Waals surface area contributed by atoms with Crippen LogP contribution in [0.3, 0.4) is 0 Å². The molecule has 0 heterocycles. The Hall–Kier alpha value is -2.50. The molecule has 0 bridgehead atoms. The molecule has 4 N–H and O–H groups in total. The number of benzene rings is 2. The van der Waals surface area contributed by atoms with Crippen molar-refractivity contribution in [2.45, 2.75) is 70.6 Å². The number of carbonyl (C=O) groups is 2. The zero-order chi connectivity index (χ0) is 22.6. The molecule has 31 heavy (non-hydrogen) atoms. The summed E-state index contributed by atoms with van der Waals surface area (Å²) >= 11 is 0. The van der Waals surface area contributed by atoms with E-state index in [-0.39, 0.29) is 17.6 Å². The monoisotopic (exact) mass is 424 g/mol. The van der Waals surface area contributed by atoms with Crippen molar-refractivity contribution in [3.05, 3.63) is 71.8 Å². The number of aryl methyl sites for hydroxylation is 1. The van der Waals surface area contributed by atoms with Crippen LogP contribution in [0.1, 0.15) is 50.7 Å². The molecule has 168 valence electrons. The Morgan fingerprint density at radius 1 is 0.935 bits per heavy atom. The van der Waals surface area contributed by atoms with E-state index in [2.05, 4.69) is 17.4 Å². The standard InChI is InChI=1S/C26H36N2O3/c1-19(2)25(27)26(31)28-23(18-21-12-7-4-8-13-21)24(30)17-16-22(29)15-9-14-20-10-5-3-6-11-20/h3-8,10-13,19,23-25,30H,9,14-18,27H2,1-2H3,(H,28,31)/t23-,24-,25-/m0/s1. The molecule has 0 aliphatic carbocycles. The smallest absolute Gasteiger partial charge is 0.237 e. The van der Waals surface area contributed by atoms with Crippen LogP contribution in [0, 0.1) is 5.92 Å². The summed E-state index contributed by atoms with van der Waals surface area (Å²) < 4.78 is 0. The molecule has 0 unspecified atom stereocenters. The van der Waals surface area contributed by atoms with Gasteiger partial charge >= 0.3 is 0 Å².